The van der Waals surface area contributed by atoms with E-state index in [-0.39, 0.29) is 31.2 Å². The first-order valence-electron chi connectivity index (χ1n) is 15.5. The second-order valence-corrected chi connectivity index (χ2v) is 14.3. The number of thiazole rings is 1. The zero-order chi connectivity index (χ0) is 32.6. The molecule has 2 aliphatic rings. The highest BCUT2D eigenvalue weighted by atomic mass is 32.2. The molecule has 1 atom stereocenters. The number of pyridine rings is 1. The first-order chi connectivity index (χ1) is 22.7. The lowest BCUT2D eigenvalue weighted by atomic mass is 9.94. The highest BCUT2D eigenvalue weighted by Crippen LogP contribution is 2.41. The zero-order valence-corrected chi connectivity index (χ0v) is 27.7. The summed E-state index contributed by atoms with van der Waals surface area (Å²) in [6, 6.07) is 11.4. The molecule has 47 heavy (non-hydrogen) atoms. The van der Waals surface area contributed by atoms with Gasteiger partial charge in [0.2, 0.25) is 11.8 Å². The number of fused-ring (bicyclic) bond motifs is 1. The number of aromatic nitrogens is 6. The summed E-state index contributed by atoms with van der Waals surface area (Å²) in [4.78, 5) is 48.6. The number of carbonyl (C=O) groups is 2. The summed E-state index contributed by atoms with van der Waals surface area (Å²) in [6.07, 6.45) is 9.59. The van der Waals surface area contributed by atoms with Gasteiger partial charge in [-0.25, -0.2) is 19.3 Å². The molecule has 2 N–H and O–H groups in total. The van der Waals surface area contributed by atoms with Crippen LogP contribution in [0.3, 0.4) is 0 Å². The number of aromatic amines is 1. The second kappa shape index (κ2) is 12.7. The van der Waals surface area contributed by atoms with Crippen molar-refractivity contribution in [2.24, 2.45) is 0 Å². The molecule has 2 fully saturated rings. The summed E-state index contributed by atoms with van der Waals surface area (Å²) >= 11 is 2.77. The van der Waals surface area contributed by atoms with Gasteiger partial charge in [0.1, 0.15) is 15.4 Å². The fourth-order valence-corrected chi connectivity index (χ4v) is 8.16. The molecule has 5 aromatic rings. The summed E-state index contributed by atoms with van der Waals surface area (Å²) in [5, 5.41) is 12.0. The lowest BCUT2D eigenvalue weighted by Crippen LogP contribution is -2.48. The molecule has 0 bridgehead atoms. The number of carbonyl (C=O) groups excluding carboxylic acids is 2. The molecule has 0 radical (unpaired) electrons. The van der Waals surface area contributed by atoms with Crippen LogP contribution in [-0.4, -0.2) is 95.5 Å². The summed E-state index contributed by atoms with van der Waals surface area (Å²) in [5.41, 5.74) is 2.61. The maximum Gasteiger partial charge on any atom is 0.241 e. The molecule has 2 aliphatic heterocycles. The van der Waals surface area contributed by atoms with Crippen LogP contribution >= 0.6 is 23.1 Å². The van der Waals surface area contributed by atoms with Gasteiger partial charge >= 0.3 is 0 Å². The number of anilines is 1. The molecular formula is C33H34FN9O2S2. The van der Waals surface area contributed by atoms with Gasteiger partial charge in [-0.2, -0.15) is 5.10 Å². The number of H-pyrrole nitrogens is 1. The van der Waals surface area contributed by atoms with Gasteiger partial charge in [-0.1, -0.05) is 0 Å². The fourth-order valence-electron chi connectivity index (χ4n) is 6.31. The first-order valence-corrected chi connectivity index (χ1v) is 17.5. The minimum absolute atomic E-state index is 0.0498. The maximum absolute atomic E-state index is 16.0. The van der Waals surface area contributed by atoms with Crippen LogP contribution in [0, 0.1) is 6.92 Å². The number of hydrogen-bond donors (Lipinski definition) is 2. The number of nitrogens with zero attached hydrogens (tertiary/aromatic N) is 7. The third-order valence-corrected chi connectivity index (χ3v) is 11.5. The first kappa shape index (κ1) is 31.3. The highest BCUT2D eigenvalue weighted by Gasteiger charge is 2.45. The second-order valence-electron chi connectivity index (χ2n) is 12.1. The molecule has 7 rings (SSSR count). The summed E-state index contributed by atoms with van der Waals surface area (Å²) in [6.45, 7) is 3.82. The van der Waals surface area contributed by atoms with Crippen molar-refractivity contribution in [1.29, 1.82) is 0 Å². The molecule has 14 heteroatoms. The van der Waals surface area contributed by atoms with Crippen molar-refractivity contribution in [2.45, 2.75) is 36.6 Å². The van der Waals surface area contributed by atoms with Crippen molar-refractivity contribution < 1.29 is 14.0 Å². The maximum atomic E-state index is 16.0. The summed E-state index contributed by atoms with van der Waals surface area (Å²) in [7, 11) is 0. The van der Waals surface area contributed by atoms with Crippen LogP contribution in [0.25, 0.3) is 32.9 Å². The Bertz CT molecular complexity index is 1930. The van der Waals surface area contributed by atoms with Crippen LogP contribution < -0.4 is 5.32 Å². The SMILES string of the molecule is CS[C@@]1(C(=O)Nc2ccc3[nH]nc(-c4ccnc(C)c4)c3c2)CCN(CC(=O)N2CCC(F)(c3ncc(-c4ncccn4)s3)CC2)C1. The number of benzene rings is 1. The zero-order valence-electron chi connectivity index (χ0n) is 26.1. The van der Waals surface area contributed by atoms with Crippen LogP contribution in [0.4, 0.5) is 10.1 Å². The van der Waals surface area contributed by atoms with E-state index in [1.165, 1.54) is 23.1 Å². The van der Waals surface area contributed by atoms with Gasteiger partial charge in [0.05, 0.1) is 16.9 Å². The van der Waals surface area contributed by atoms with Crippen LogP contribution in [0.1, 0.15) is 30.0 Å². The molecule has 2 saturated heterocycles. The Hall–Kier alpha value is -4.27. The van der Waals surface area contributed by atoms with E-state index < -0.39 is 10.4 Å². The van der Waals surface area contributed by atoms with Gasteiger partial charge < -0.3 is 10.2 Å². The average molecular weight is 672 g/mol. The number of amides is 2. The van der Waals surface area contributed by atoms with Crippen LogP contribution in [0.5, 0.6) is 0 Å². The standard InChI is InChI=1S/C33H34FN9O2S2/c1-21-16-22(6-12-35-21)28-24-17-23(4-5-25(24)40-41-28)39-30(45)33(46-2)9-13-42(20-33)19-27(44)43-14-7-32(34,8-15-43)31-38-18-26(47-31)29-36-10-3-11-37-29/h3-6,10-12,16-18H,7-9,13-15,19-20H2,1-2H3,(H,39,45)(H,40,41)/t33-/m0/s1. The number of rotatable bonds is 8. The van der Waals surface area contributed by atoms with Gasteiger partial charge in [-0.3, -0.25) is 24.6 Å². The van der Waals surface area contributed by atoms with Crippen molar-refractivity contribution in [3.05, 3.63) is 71.9 Å². The molecule has 242 valence electrons. The molecule has 6 heterocycles. The van der Waals surface area contributed by atoms with E-state index in [9.17, 15) is 9.59 Å². The Labute approximate surface area is 279 Å². The monoisotopic (exact) mass is 671 g/mol. The Morgan fingerprint density at radius 3 is 2.62 bits per heavy atom. The highest BCUT2D eigenvalue weighted by molar-refractivity contribution is 8.00. The van der Waals surface area contributed by atoms with Crippen LogP contribution in [0.15, 0.2) is 61.2 Å². The lowest BCUT2D eigenvalue weighted by molar-refractivity contribution is -0.135. The molecule has 0 unspecified atom stereocenters. The summed E-state index contributed by atoms with van der Waals surface area (Å²) < 4.78 is 15.3. The molecule has 1 aromatic carbocycles. The smallest absolute Gasteiger partial charge is 0.241 e. The number of halogens is 1. The number of likely N-dealkylation sites (tertiary alicyclic amines) is 2. The number of hydrogen-bond acceptors (Lipinski definition) is 10. The van der Waals surface area contributed by atoms with E-state index >= 15 is 4.39 Å². The van der Waals surface area contributed by atoms with Gasteiger partial charge in [0, 0.05) is 86.1 Å². The van der Waals surface area contributed by atoms with E-state index in [1.807, 2.05) is 48.4 Å². The molecule has 2 amide bonds. The molecule has 0 aliphatic carbocycles. The van der Waals surface area contributed by atoms with Crippen molar-refractivity contribution in [2.75, 3.05) is 44.3 Å². The average Bonchev–Trinajstić information content (AvgIpc) is 3.85. The largest absolute Gasteiger partial charge is 0.341 e. The van der Waals surface area contributed by atoms with Gasteiger partial charge in [-0.15, -0.1) is 23.1 Å². The van der Waals surface area contributed by atoms with Crippen LogP contribution in [-0.2, 0) is 15.3 Å². The minimum atomic E-state index is -1.59. The predicted molar refractivity (Wildman–Crippen MR) is 182 cm³/mol. The fraction of sp³-hybridized carbons (Fsp3) is 0.364. The topological polar surface area (TPSA) is 133 Å². The molecule has 0 saturated carbocycles. The quantitative estimate of drug-likeness (QED) is 0.232. The molecular weight excluding hydrogens is 638 g/mol. The van der Waals surface area contributed by atoms with Crippen molar-refractivity contribution >= 4 is 51.5 Å². The number of nitrogens with one attached hydrogen (secondary N) is 2. The number of thioether (sulfide) groups is 1. The van der Waals surface area contributed by atoms with Gasteiger partial charge in [-0.05, 0) is 56.0 Å². The molecule has 4 aromatic heterocycles. The third kappa shape index (κ3) is 6.24. The minimum Gasteiger partial charge on any atom is -0.341 e. The number of alkyl halides is 1. The Morgan fingerprint density at radius 1 is 1.04 bits per heavy atom. The number of piperidine rings is 1. The van der Waals surface area contributed by atoms with E-state index in [0.717, 1.165) is 32.7 Å². The van der Waals surface area contributed by atoms with Crippen LogP contribution in [0.2, 0.25) is 0 Å². The van der Waals surface area contributed by atoms with Crippen molar-refractivity contribution in [3.63, 3.8) is 0 Å². The Kier molecular flexibility index (Phi) is 8.49. The van der Waals surface area contributed by atoms with Crippen molar-refractivity contribution in [1.82, 2.24) is 39.9 Å². The Morgan fingerprint density at radius 2 is 1.85 bits per heavy atom. The number of aryl methyl sites for hydroxylation is 1. The predicted octanol–water partition coefficient (Wildman–Crippen LogP) is 5.08. The molecule has 0 spiro atoms. The third-order valence-electron chi connectivity index (χ3n) is 9.05. The van der Waals surface area contributed by atoms with E-state index in [2.05, 4.69) is 35.5 Å². The Balaban J connectivity index is 0.962. The lowest BCUT2D eigenvalue weighted by Gasteiger charge is -2.36. The van der Waals surface area contributed by atoms with Gasteiger partial charge in [0.15, 0.2) is 11.5 Å². The van der Waals surface area contributed by atoms with Crippen molar-refractivity contribution in [3.8, 4) is 22.0 Å². The molecule has 11 nitrogen and oxygen atoms in total. The normalized spacial score (nSPS) is 19.7. The summed E-state index contributed by atoms with van der Waals surface area (Å²) in [5.74, 6) is 0.386. The van der Waals surface area contributed by atoms with E-state index in [0.29, 0.717) is 49.1 Å². The van der Waals surface area contributed by atoms with E-state index in [1.54, 1.807) is 35.8 Å². The van der Waals surface area contributed by atoms with E-state index in [4.69, 9.17) is 0 Å². The van der Waals surface area contributed by atoms with Gasteiger partial charge in [0.25, 0.3) is 0 Å².